The quantitative estimate of drug-likeness (QED) is 0.701. The van der Waals surface area contributed by atoms with Crippen molar-refractivity contribution in [2.75, 3.05) is 0 Å². The Bertz CT molecular complexity index is 486. The van der Waals surface area contributed by atoms with Gasteiger partial charge < -0.3 is 0 Å². The van der Waals surface area contributed by atoms with Crippen LogP contribution in [0.5, 0.6) is 0 Å². The zero-order valence-corrected chi connectivity index (χ0v) is 9.31. The molecule has 2 aromatic carbocycles. The number of carbonyl (C=O) groups excluding carboxylic acids is 1. The van der Waals surface area contributed by atoms with Crippen molar-refractivity contribution in [2.45, 2.75) is 13.3 Å². The van der Waals surface area contributed by atoms with Crippen LogP contribution in [0.15, 0.2) is 54.6 Å². The lowest BCUT2D eigenvalue weighted by atomic mass is 10.0. The minimum Gasteiger partial charge on any atom is -0.294 e. The lowest BCUT2D eigenvalue weighted by Crippen LogP contribution is -1.96. The summed E-state index contributed by atoms with van der Waals surface area (Å²) in [5.41, 5.74) is 3.04. The highest BCUT2D eigenvalue weighted by atomic mass is 16.1. The molecule has 0 aliphatic rings. The van der Waals surface area contributed by atoms with Crippen molar-refractivity contribution in [3.8, 4) is 11.1 Å². The van der Waals surface area contributed by atoms with E-state index >= 15 is 0 Å². The molecule has 0 bridgehead atoms. The van der Waals surface area contributed by atoms with Crippen molar-refractivity contribution in [3.63, 3.8) is 0 Å². The van der Waals surface area contributed by atoms with Gasteiger partial charge in [0.1, 0.15) is 0 Å². The van der Waals surface area contributed by atoms with Crippen LogP contribution in [-0.4, -0.2) is 5.78 Å². The van der Waals surface area contributed by atoms with Crippen LogP contribution < -0.4 is 0 Å². The minimum absolute atomic E-state index is 0.192. The van der Waals surface area contributed by atoms with E-state index in [-0.39, 0.29) is 5.78 Å². The molecule has 0 spiro atoms. The van der Waals surface area contributed by atoms with E-state index in [1.54, 1.807) is 0 Å². The van der Waals surface area contributed by atoms with E-state index in [0.717, 1.165) is 16.7 Å². The summed E-state index contributed by atoms with van der Waals surface area (Å²) in [7, 11) is 0. The molecule has 2 rings (SSSR count). The summed E-state index contributed by atoms with van der Waals surface area (Å²) in [6.45, 7) is 1.89. The predicted octanol–water partition coefficient (Wildman–Crippen LogP) is 3.95. The van der Waals surface area contributed by atoms with Crippen molar-refractivity contribution in [2.24, 2.45) is 0 Å². The predicted molar refractivity (Wildman–Crippen MR) is 66.5 cm³/mol. The molecule has 80 valence electrons. The first-order chi connectivity index (χ1) is 7.81. The molecule has 0 aromatic heterocycles. The third kappa shape index (κ3) is 2.19. The molecule has 16 heavy (non-hydrogen) atoms. The first kappa shape index (κ1) is 10.6. The summed E-state index contributed by atoms with van der Waals surface area (Å²) >= 11 is 0. The van der Waals surface area contributed by atoms with Gasteiger partial charge in [-0.3, -0.25) is 4.79 Å². The molecule has 0 saturated carbocycles. The molecular formula is C15H14O. The number of Topliss-reactive ketones (excluding diaryl/α,β-unsaturated/α-hetero) is 1. The summed E-state index contributed by atoms with van der Waals surface area (Å²) in [6.07, 6.45) is 0.554. The van der Waals surface area contributed by atoms with Crippen molar-refractivity contribution in [1.29, 1.82) is 0 Å². The second-order valence-electron chi connectivity index (χ2n) is 3.72. The fourth-order valence-electron chi connectivity index (χ4n) is 1.71. The lowest BCUT2D eigenvalue weighted by Gasteiger charge is -2.03. The summed E-state index contributed by atoms with van der Waals surface area (Å²) in [4.78, 5) is 11.6. The Morgan fingerprint density at radius 1 is 0.938 bits per heavy atom. The summed E-state index contributed by atoms with van der Waals surface area (Å²) in [5.74, 6) is 0.192. The van der Waals surface area contributed by atoms with Gasteiger partial charge in [0.05, 0.1) is 0 Å². The summed E-state index contributed by atoms with van der Waals surface area (Å²) < 4.78 is 0. The largest absolute Gasteiger partial charge is 0.294 e. The van der Waals surface area contributed by atoms with E-state index in [1.165, 1.54) is 0 Å². The molecule has 0 aliphatic heterocycles. The maximum absolute atomic E-state index is 11.6. The number of hydrogen-bond acceptors (Lipinski definition) is 1. The van der Waals surface area contributed by atoms with E-state index < -0.39 is 0 Å². The molecule has 0 heterocycles. The van der Waals surface area contributed by atoms with E-state index in [0.29, 0.717) is 6.42 Å². The molecule has 0 amide bonds. The highest BCUT2D eigenvalue weighted by molar-refractivity contribution is 5.96. The Morgan fingerprint density at radius 2 is 1.62 bits per heavy atom. The van der Waals surface area contributed by atoms with Gasteiger partial charge >= 0.3 is 0 Å². The van der Waals surface area contributed by atoms with E-state index in [1.807, 2.05) is 49.4 Å². The van der Waals surface area contributed by atoms with E-state index in [2.05, 4.69) is 12.1 Å². The third-order valence-corrected chi connectivity index (χ3v) is 2.61. The van der Waals surface area contributed by atoms with Gasteiger partial charge in [0.25, 0.3) is 0 Å². The Kier molecular flexibility index (Phi) is 3.16. The van der Waals surface area contributed by atoms with E-state index in [4.69, 9.17) is 0 Å². The topological polar surface area (TPSA) is 17.1 Å². The van der Waals surface area contributed by atoms with Crippen LogP contribution in [0.3, 0.4) is 0 Å². The molecule has 0 fully saturated rings. The van der Waals surface area contributed by atoms with Crippen LogP contribution in [0.4, 0.5) is 0 Å². The molecule has 0 radical (unpaired) electrons. The van der Waals surface area contributed by atoms with Crippen LogP contribution in [0.25, 0.3) is 11.1 Å². The Balaban J connectivity index is 2.40. The average molecular weight is 210 g/mol. The summed E-state index contributed by atoms with van der Waals surface area (Å²) in [5, 5.41) is 0. The van der Waals surface area contributed by atoms with Gasteiger partial charge in [0, 0.05) is 12.0 Å². The molecule has 0 N–H and O–H groups in total. The van der Waals surface area contributed by atoms with Crippen LogP contribution in [0.1, 0.15) is 23.7 Å². The molecule has 0 saturated heterocycles. The zero-order chi connectivity index (χ0) is 11.4. The van der Waals surface area contributed by atoms with E-state index in [9.17, 15) is 4.79 Å². The molecule has 2 aromatic rings. The van der Waals surface area contributed by atoms with Gasteiger partial charge in [-0.1, -0.05) is 55.5 Å². The second kappa shape index (κ2) is 4.75. The van der Waals surface area contributed by atoms with Crippen LogP contribution in [0.2, 0.25) is 0 Å². The number of rotatable bonds is 3. The fourth-order valence-corrected chi connectivity index (χ4v) is 1.71. The van der Waals surface area contributed by atoms with Crippen molar-refractivity contribution in [1.82, 2.24) is 0 Å². The van der Waals surface area contributed by atoms with Crippen molar-refractivity contribution in [3.05, 3.63) is 60.2 Å². The third-order valence-electron chi connectivity index (χ3n) is 2.61. The average Bonchev–Trinajstić information content (AvgIpc) is 2.39. The first-order valence-electron chi connectivity index (χ1n) is 5.50. The first-order valence-corrected chi connectivity index (χ1v) is 5.50. The molecule has 1 nitrogen and oxygen atoms in total. The number of hydrogen-bond donors (Lipinski definition) is 0. The van der Waals surface area contributed by atoms with Crippen molar-refractivity contribution < 1.29 is 4.79 Å². The summed E-state index contributed by atoms with van der Waals surface area (Å²) in [6, 6.07) is 17.9. The maximum atomic E-state index is 11.6. The van der Waals surface area contributed by atoms with Gasteiger partial charge in [-0.25, -0.2) is 0 Å². The van der Waals surface area contributed by atoms with Crippen LogP contribution >= 0.6 is 0 Å². The van der Waals surface area contributed by atoms with Crippen LogP contribution in [-0.2, 0) is 0 Å². The number of ketones is 1. The Hall–Kier alpha value is -1.89. The highest BCUT2D eigenvalue weighted by Crippen LogP contribution is 2.20. The monoisotopic (exact) mass is 210 g/mol. The molecule has 1 heteroatoms. The highest BCUT2D eigenvalue weighted by Gasteiger charge is 2.04. The van der Waals surface area contributed by atoms with Gasteiger partial charge in [0.15, 0.2) is 5.78 Å². The Labute approximate surface area is 95.7 Å². The Morgan fingerprint density at radius 3 is 2.31 bits per heavy atom. The number of carbonyl (C=O) groups is 1. The molecule has 0 unspecified atom stereocenters. The van der Waals surface area contributed by atoms with Crippen molar-refractivity contribution >= 4 is 5.78 Å². The van der Waals surface area contributed by atoms with Gasteiger partial charge in [-0.2, -0.15) is 0 Å². The van der Waals surface area contributed by atoms with Gasteiger partial charge in [-0.15, -0.1) is 0 Å². The minimum atomic E-state index is 0.192. The molecule has 0 atom stereocenters. The zero-order valence-electron chi connectivity index (χ0n) is 9.31. The maximum Gasteiger partial charge on any atom is 0.162 e. The second-order valence-corrected chi connectivity index (χ2v) is 3.72. The van der Waals surface area contributed by atoms with Gasteiger partial charge in [0.2, 0.25) is 0 Å². The number of benzene rings is 2. The molecule has 0 aliphatic carbocycles. The van der Waals surface area contributed by atoms with Gasteiger partial charge in [-0.05, 0) is 17.2 Å². The lowest BCUT2D eigenvalue weighted by molar-refractivity contribution is 0.0988. The molecular weight excluding hydrogens is 196 g/mol. The van der Waals surface area contributed by atoms with Crippen LogP contribution in [0, 0.1) is 0 Å². The fraction of sp³-hybridized carbons (Fsp3) is 0.133. The smallest absolute Gasteiger partial charge is 0.162 e. The normalized spacial score (nSPS) is 10.1. The SMILES string of the molecule is CCC(=O)c1cccc(-c2ccccc2)c1. The standard InChI is InChI=1S/C15H14O/c1-2-15(16)14-10-6-9-13(11-14)12-7-4-3-5-8-12/h3-11H,2H2,1H3.